The smallest absolute Gasteiger partial charge is 0.317 e. The van der Waals surface area contributed by atoms with Crippen molar-refractivity contribution in [1.82, 2.24) is 36.0 Å². The maximum absolute atomic E-state index is 12.7. The molecule has 368 valence electrons. The molecule has 66 heavy (non-hydrogen) atoms. The van der Waals surface area contributed by atoms with Gasteiger partial charge in [0.25, 0.3) is 0 Å². The fourth-order valence-electron chi connectivity index (χ4n) is 7.88. The number of amides is 5. The summed E-state index contributed by atoms with van der Waals surface area (Å²) in [7, 11) is 0. The van der Waals surface area contributed by atoms with Crippen molar-refractivity contribution in [3.8, 4) is 0 Å². The lowest BCUT2D eigenvalue weighted by Gasteiger charge is -2.34. The van der Waals surface area contributed by atoms with Gasteiger partial charge in [0.1, 0.15) is 0 Å². The fourth-order valence-corrected chi connectivity index (χ4v) is 9.42. The van der Waals surface area contributed by atoms with Gasteiger partial charge in [-0.1, -0.05) is 31.4 Å². The minimum atomic E-state index is -1.32. The van der Waals surface area contributed by atoms with Crippen molar-refractivity contribution in [3.05, 3.63) is 29.8 Å². The van der Waals surface area contributed by atoms with Crippen LogP contribution < -0.4 is 26.6 Å². The summed E-state index contributed by atoms with van der Waals surface area (Å²) in [6.45, 7) is -2.55. The van der Waals surface area contributed by atoms with Gasteiger partial charge >= 0.3 is 35.9 Å². The number of carboxylic acids is 5. The summed E-state index contributed by atoms with van der Waals surface area (Å²) in [6.07, 6.45) is 8.20. The van der Waals surface area contributed by atoms with Gasteiger partial charge in [-0.05, 0) is 62.6 Å². The van der Waals surface area contributed by atoms with Crippen LogP contribution in [0, 0.1) is 0 Å². The highest BCUT2D eigenvalue weighted by atomic mass is 32.2. The molecule has 0 spiro atoms. The molecule has 4 atom stereocenters. The van der Waals surface area contributed by atoms with E-state index in [1.54, 1.807) is 24.3 Å². The first-order chi connectivity index (χ1) is 31.5. The third kappa shape index (κ3) is 23.1. The van der Waals surface area contributed by atoms with E-state index in [2.05, 4.69) is 26.6 Å². The van der Waals surface area contributed by atoms with Crippen molar-refractivity contribution in [2.75, 3.05) is 76.5 Å². The summed E-state index contributed by atoms with van der Waals surface area (Å²) in [5, 5.41) is 62.1. The highest BCUT2D eigenvalue weighted by Crippen LogP contribution is 2.33. The number of unbranched alkanes of at least 4 members (excludes halogenated alkanes) is 5. The minimum Gasteiger partial charge on any atom is -0.480 e. The van der Waals surface area contributed by atoms with Crippen LogP contribution in [0.1, 0.15) is 82.6 Å². The Morgan fingerprint density at radius 3 is 1.67 bits per heavy atom. The van der Waals surface area contributed by atoms with Gasteiger partial charge in [-0.2, -0.15) is 11.8 Å². The molecular weight excluding hydrogens is 885 g/mol. The summed E-state index contributed by atoms with van der Waals surface area (Å²) < 4.78 is 0. The van der Waals surface area contributed by atoms with Crippen LogP contribution >= 0.6 is 11.8 Å². The number of nitrogens with zero attached hydrogens (tertiary/aromatic N) is 3. The number of rotatable bonds is 36. The lowest BCUT2D eigenvalue weighted by Crippen LogP contribution is -2.51. The summed E-state index contributed by atoms with van der Waals surface area (Å²) in [5.74, 6) is -5.80. The predicted molar refractivity (Wildman–Crippen MR) is 242 cm³/mol. The Labute approximate surface area is 387 Å². The van der Waals surface area contributed by atoms with Gasteiger partial charge in [-0.25, -0.2) is 4.79 Å². The number of anilines is 1. The third-order valence-electron chi connectivity index (χ3n) is 11.1. The van der Waals surface area contributed by atoms with E-state index in [1.807, 2.05) is 11.8 Å². The second-order valence-electron chi connectivity index (χ2n) is 16.6. The van der Waals surface area contributed by atoms with Crippen molar-refractivity contribution in [1.29, 1.82) is 0 Å². The van der Waals surface area contributed by atoms with Crippen molar-refractivity contribution in [2.45, 2.75) is 107 Å². The SMILES string of the molecule is O=C(O)CN(CCN(CC(=O)O)CC(Cc1ccc(NC(=O)CCCCCNC(=O)CCCCCNC(=O)CCCCC2SCC3NC(=O)NC32)cc1)N(CC(=O)O)CC(=O)O)CC(=O)O. The normalized spacial score (nSPS) is 16.9. The number of hydrogen-bond acceptors (Lipinski definition) is 13. The Bertz CT molecular complexity index is 1760. The lowest BCUT2D eigenvalue weighted by molar-refractivity contribution is -0.144. The largest absolute Gasteiger partial charge is 0.480 e. The highest BCUT2D eigenvalue weighted by Gasteiger charge is 2.42. The van der Waals surface area contributed by atoms with E-state index in [1.165, 1.54) is 9.80 Å². The zero-order valence-electron chi connectivity index (χ0n) is 37.2. The molecule has 1 aromatic carbocycles. The zero-order valence-corrected chi connectivity index (χ0v) is 38.1. The van der Waals surface area contributed by atoms with E-state index in [-0.39, 0.29) is 68.3 Å². The van der Waals surface area contributed by atoms with Gasteiger partial charge in [0, 0.05) is 74.7 Å². The number of thioether (sulfide) groups is 1. The number of carboxylic acid groups (broad SMARTS) is 5. The van der Waals surface area contributed by atoms with Gasteiger partial charge in [0.15, 0.2) is 0 Å². The van der Waals surface area contributed by atoms with Gasteiger partial charge < -0.3 is 52.1 Å². The first kappa shape index (κ1) is 54.8. The van der Waals surface area contributed by atoms with Gasteiger partial charge in [0.2, 0.25) is 17.7 Å². The van der Waals surface area contributed by atoms with Crippen LogP contribution in [-0.2, 0) is 44.8 Å². The van der Waals surface area contributed by atoms with Crippen LogP contribution in [0.25, 0.3) is 0 Å². The van der Waals surface area contributed by atoms with E-state index in [4.69, 9.17) is 0 Å². The molecule has 4 unspecified atom stereocenters. The number of carbonyl (C=O) groups excluding carboxylic acids is 4. The van der Waals surface area contributed by atoms with Crippen LogP contribution in [0.4, 0.5) is 10.5 Å². The molecule has 2 saturated heterocycles. The summed E-state index contributed by atoms with van der Waals surface area (Å²) >= 11 is 1.87. The number of aliphatic carboxylic acids is 5. The van der Waals surface area contributed by atoms with Crippen LogP contribution in [0.15, 0.2) is 24.3 Å². The molecule has 0 bridgehead atoms. The van der Waals surface area contributed by atoms with E-state index in [0.717, 1.165) is 42.8 Å². The quantitative estimate of drug-likeness (QED) is 0.0331. The number of fused-ring (bicyclic) bond motifs is 1. The lowest BCUT2D eigenvalue weighted by atomic mass is 10.0. The Morgan fingerprint density at radius 1 is 0.621 bits per heavy atom. The minimum absolute atomic E-state index is 0.0298. The summed E-state index contributed by atoms with van der Waals surface area (Å²) in [5.41, 5.74) is 1.10. The second kappa shape index (κ2) is 29.9. The molecule has 1 aromatic rings. The molecular formula is C43H66N8O14S. The molecule has 10 N–H and O–H groups in total. The van der Waals surface area contributed by atoms with Crippen LogP contribution in [-0.4, -0.2) is 188 Å². The molecule has 0 aliphatic carbocycles. The number of hydrogen-bond donors (Lipinski definition) is 10. The fraction of sp³-hybridized carbons (Fsp3) is 0.651. The molecule has 0 saturated carbocycles. The Morgan fingerprint density at radius 2 is 1.12 bits per heavy atom. The number of nitrogens with one attached hydrogen (secondary N) is 5. The zero-order chi connectivity index (χ0) is 48.4. The van der Waals surface area contributed by atoms with E-state index < -0.39 is 68.6 Å². The number of benzene rings is 1. The molecule has 2 aliphatic rings. The third-order valence-corrected chi connectivity index (χ3v) is 12.6. The monoisotopic (exact) mass is 950 g/mol. The van der Waals surface area contributed by atoms with Gasteiger partial charge in [-0.3, -0.25) is 53.1 Å². The van der Waals surface area contributed by atoms with Crippen LogP contribution in [0.3, 0.4) is 0 Å². The molecule has 0 aromatic heterocycles. The van der Waals surface area contributed by atoms with Crippen LogP contribution in [0.2, 0.25) is 0 Å². The van der Waals surface area contributed by atoms with Crippen LogP contribution in [0.5, 0.6) is 0 Å². The first-order valence-electron chi connectivity index (χ1n) is 22.4. The maximum Gasteiger partial charge on any atom is 0.317 e. The average Bonchev–Trinajstić information content (AvgIpc) is 3.79. The summed E-state index contributed by atoms with van der Waals surface area (Å²) in [4.78, 5) is 110. The molecule has 3 rings (SSSR count). The first-order valence-corrected chi connectivity index (χ1v) is 23.4. The van der Waals surface area contributed by atoms with Crippen molar-refractivity contribution < 1.29 is 68.7 Å². The molecule has 5 amide bonds. The van der Waals surface area contributed by atoms with Crippen molar-refractivity contribution in [2.24, 2.45) is 0 Å². The molecule has 2 heterocycles. The topological polar surface area (TPSA) is 325 Å². The maximum atomic E-state index is 12.7. The second-order valence-corrected chi connectivity index (χ2v) is 17.9. The van der Waals surface area contributed by atoms with E-state index in [0.29, 0.717) is 68.1 Å². The molecule has 23 heteroatoms. The Hall–Kier alpha value is -5.52. The molecule has 0 radical (unpaired) electrons. The van der Waals surface area contributed by atoms with Gasteiger partial charge in [-0.15, -0.1) is 0 Å². The Balaban J connectivity index is 1.32. The molecule has 2 aliphatic heterocycles. The number of carbonyl (C=O) groups is 9. The Kier molecular flexibility index (Phi) is 24.8. The molecule has 22 nitrogen and oxygen atoms in total. The van der Waals surface area contributed by atoms with Gasteiger partial charge in [0.05, 0.1) is 44.8 Å². The number of urea groups is 1. The van der Waals surface area contributed by atoms with Crippen molar-refractivity contribution >= 4 is 71.0 Å². The van der Waals surface area contributed by atoms with E-state index >= 15 is 0 Å². The average molecular weight is 951 g/mol. The standard InChI is InChI=1S/C43H66N8O14S/c52-34(10-3-1-7-17-45-35(53)11-6-5-9-33-42-32(28-66-33)47-43(65)48-42)44-18-8-2-4-12-36(54)46-30-15-13-29(14-16-30)21-31(51(26-40(61)62)27-41(63)64)22-49(23-37(55)56)19-20-50(24-38(57)58)25-39(59)60/h13-16,31-33,42H,1-12,17-28H2,(H,44,52)(H,45,53)(H,46,54)(H,55,56)(H,57,58)(H,59,60)(H,61,62)(H,63,64)(H2,47,48,65). The highest BCUT2D eigenvalue weighted by molar-refractivity contribution is 8.00. The predicted octanol–water partition coefficient (Wildman–Crippen LogP) is 0.944. The summed E-state index contributed by atoms with van der Waals surface area (Å²) in [6, 6.07) is 6.02. The molecule has 2 fully saturated rings. The van der Waals surface area contributed by atoms with E-state index in [9.17, 15) is 68.7 Å². The van der Waals surface area contributed by atoms with Crippen molar-refractivity contribution in [3.63, 3.8) is 0 Å².